The highest BCUT2D eigenvalue weighted by atomic mass is 19.1. The van der Waals surface area contributed by atoms with Crippen LogP contribution in [0.4, 0.5) is 4.39 Å². The SMILES string of the molecule is O=C(CCF)ON1C(=O)c2ccccc2C1=O. The molecule has 88 valence electrons. The first-order chi connectivity index (χ1) is 8.15. The van der Waals surface area contributed by atoms with Crippen molar-refractivity contribution < 1.29 is 23.6 Å². The fraction of sp³-hybridized carbons (Fsp3) is 0.182. The molecule has 0 aromatic heterocycles. The maximum absolute atomic E-state index is 11.9. The number of hydroxylamine groups is 2. The molecule has 1 aliphatic rings. The van der Waals surface area contributed by atoms with Crippen molar-refractivity contribution in [1.82, 2.24) is 5.06 Å². The van der Waals surface area contributed by atoms with Crippen LogP contribution in [0, 0.1) is 0 Å². The third-order valence-corrected chi connectivity index (χ3v) is 2.25. The van der Waals surface area contributed by atoms with Crippen LogP contribution in [0.2, 0.25) is 0 Å². The summed E-state index contributed by atoms with van der Waals surface area (Å²) in [7, 11) is 0. The molecule has 1 aromatic carbocycles. The fourth-order valence-electron chi connectivity index (χ4n) is 1.47. The van der Waals surface area contributed by atoms with E-state index in [0.29, 0.717) is 5.06 Å². The van der Waals surface area contributed by atoms with Crippen LogP contribution >= 0.6 is 0 Å². The molecule has 17 heavy (non-hydrogen) atoms. The van der Waals surface area contributed by atoms with Crippen molar-refractivity contribution in [3.05, 3.63) is 35.4 Å². The highest BCUT2D eigenvalue weighted by Gasteiger charge is 2.38. The van der Waals surface area contributed by atoms with Gasteiger partial charge < -0.3 is 4.84 Å². The van der Waals surface area contributed by atoms with Crippen molar-refractivity contribution in [2.75, 3.05) is 6.67 Å². The number of carbonyl (C=O) groups is 3. The van der Waals surface area contributed by atoms with Crippen LogP contribution in [0.1, 0.15) is 27.1 Å². The maximum Gasteiger partial charge on any atom is 0.335 e. The number of carbonyl (C=O) groups excluding carboxylic acids is 3. The van der Waals surface area contributed by atoms with Gasteiger partial charge in [-0.1, -0.05) is 17.2 Å². The van der Waals surface area contributed by atoms with Gasteiger partial charge in [-0.2, -0.15) is 0 Å². The van der Waals surface area contributed by atoms with Crippen LogP contribution in [0.5, 0.6) is 0 Å². The first-order valence-electron chi connectivity index (χ1n) is 4.89. The minimum atomic E-state index is -0.956. The van der Waals surface area contributed by atoms with E-state index >= 15 is 0 Å². The number of rotatable bonds is 3. The zero-order chi connectivity index (χ0) is 12.4. The molecule has 0 saturated heterocycles. The Hall–Kier alpha value is -2.24. The van der Waals surface area contributed by atoms with Gasteiger partial charge in [-0.3, -0.25) is 14.0 Å². The molecule has 0 saturated carbocycles. The van der Waals surface area contributed by atoms with E-state index in [1.54, 1.807) is 12.1 Å². The quantitative estimate of drug-likeness (QED) is 0.738. The average molecular weight is 237 g/mol. The Balaban J connectivity index is 2.22. The standard InChI is InChI=1S/C11H8FNO4/c12-6-5-9(14)17-13-10(15)7-3-1-2-4-8(7)11(13)16/h1-4H,5-6H2. The number of nitrogens with zero attached hydrogens (tertiary/aromatic N) is 1. The second-order valence-electron chi connectivity index (χ2n) is 3.35. The molecule has 2 rings (SSSR count). The van der Waals surface area contributed by atoms with Crippen LogP contribution in [0.15, 0.2) is 24.3 Å². The number of benzene rings is 1. The van der Waals surface area contributed by atoms with Crippen molar-refractivity contribution >= 4 is 17.8 Å². The molecule has 2 amide bonds. The molecule has 1 aliphatic heterocycles. The lowest BCUT2D eigenvalue weighted by molar-refractivity contribution is -0.168. The molecule has 0 bridgehead atoms. The lowest BCUT2D eigenvalue weighted by atomic mass is 10.1. The van der Waals surface area contributed by atoms with Gasteiger partial charge in [0.1, 0.15) is 0 Å². The summed E-state index contributed by atoms with van der Waals surface area (Å²) in [4.78, 5) is 38.9. The summed E-state index contributed by atoms with van der Waals surface area (Å²) in [6.07, 6.45) is -0.493. The zero-order valence-electron chi connectivity index (χ0n) is 8.68. The molecule has 0 atom stereocenters. The smallest absolute Gasteiger partial charge is 0.330 e. The summed E-state index contributed by atoms with van der Waals surface area (Å²) in [5, 5.41) is 0.364. The Bertz CT molecular complexity index is 465. The molecule has 1 aromatic rings. The van der Waals surface area contributed by atoms with E-state index in [9.17, 15) is 18.8 Å². The Morgan fingerprint density at radius 2 is 1.71 bits per heavy atom. The number of hydrogen-bond acceptors (Lipinski definition) is 4. The summed E-state index contributed by atoms with van der Waals surface area (Å²) in [5.74, 6) is -2.38. The predicted octanol–water partition coefficient (Wildman–Crippen LogP) is 1.10. The first-order valence-corrected chi connectivity index (χ1v) is 4.89. The maximum atomic E-state index is 11.9. The van der Waals surface area contributed by atoms with Crippen LogP contribution in [0.25, 0.3) is 0 Å². The molecular weight excluding hydrogens is 229 g/mol. The van der Waals surface area contributed by atoms with Crippen LogP contribution in [0.3, 0.4) is 0 Å². The van der Waals surface area contributed by atoms with Gasteiger partial charge in [0.25, 0.3) is 11.8 Å². The Morgan fingerprint density at radius 1 is 1.18 bits per heavy atom. The molecule has 0 aliphatic carbocycles. The molecule has 0 radical (unpaired) electrons. The summed E-state index contributed by atoms with van der Waals surface area (Å²) >= 11 is 0. The Morgan fingerprint density at radius 3 is 2.18 bits per heavy atom. The predicted molar refractivity (Wildman–Crippen MR) is 53.6 cm³/mol. The van der Waals surface area contributed by atoms with Gasteiger partial charge in [-0.25, -0.2) is 4.79 Å². The van der Waals surface area contributed by atoms with E-state index in [-0.39, 0.29) is 11.1 Å². The van der Waals surface area contributed by atoms with Crippen molar-refractivity contribution in [2.45, 2.75) is 6.42 Å². The first kappa shape index (κ1) is 11.3. The van der Waals surface area contributed by atoms with Gasteiger partial charge in [0, 0.05) is 0 Å². The summed E-state index contributed by atoms with van der Waals surface area (Å²) in [5.41, 5.74) is 0.344. The number of imide groups is 1. The van der Waals surface area contributed by atoms with E-state index < -0.39 is 30.9 Å². The van der Waals surface area contributed by atoms with Crippen molar-refractivity contribution in [3.8, 4) is 0 Å². The molecule has 1 heterocycles. The zero-order valence-corrected chi connectivity index (χ0v) is 8.68. The molecule has 0 fully saturated rings. The molecule has 0 N–H and O–H groups in total. The molecule has 5 nitrogen and oxygen atoms in total. The molecule has 0 spiro atoms. The van der Waals surface area contributed by atoms with Crippen molar-refractivity contribution in [3.63, 3.8) is 0 Å². The minimum Gasteiger partial charge on any atom is -0.330 e. The van der Waals surface area contributed by atoms with Gasteiger partial charge in [-0.15, -0.1) is 0 Å². The number of alkyl halides is 1. The largest absolute Gasteiger partial charge is 0.335 e. The fourth-order valence-corrected chi connectivity index (χ4v) is 1.47. The van der Waals surface area contributed by atoms with Gasteiger partial charge >= 0.3 is 5.97 Å². The number of amides is 2. The van der Waals surface area contributed by atoms with E-state index in [2.05, 4.69) is 4.84 Å². The summed E-state index contributed by atoms with van der Waals surface area (Å²) < 4.78 is 11.9. The highest BCUT2D eigenvalue weighted by Crippen LogP contribution is 2.22. The summed E-state index contributed by atoms with van der Waals surface area (Å²) in [6.45, 7) is -0.901. The minimum absolute atomic E-state index is 0.172. The van der Waals surface area contributed by atoms with Crippen molar-refractivity contribution in [1.29, 1.82) is 0 Å². The summed E-state index contributed by atoms with van der Waals surface area (Å²) in [6, 6.07) is 6.10. The monoisotopic (exact) mass is 237 g/mol. The van der Waals surface area contributed by atoms with E-state index in [1.807, 2.05) is 0 Å². The third kappa shape index (κ3) is 1.89. The van der Waals surface area contributed by atoms with E-state index in [1.165, 1.54) is 12.1 Å². The topological polar surface area (TPSA) is 63.7 Å². The third-order valence-electron chi connectivity index (χ3n) is 2.25. The van der Waals surface area contributed by atoms with Crippen LogP contribution in [-0.2, 0) is 9.63 Å². The highest BCUT2D eigenvalue weighted by molar-refractivity contribution is 6.20. The lowest BCUT2D eigenvalue weighted by Gasteiger charge is -2.11. The number of hydrogen-bond donors (Lipinski definition) is 0. The van der Waals surface area contributed by atoms with Crippen molar-refractivity contribution in [2.24, 2.45) is 0 Å². The molecule has 0 unspecified atom stereocenters. The number of fused-ring (bicyclic) bond motifs is 1. The second kappa shape index (κ2) is 4.32. The Kier molecular flexibility index (Phi) is 2.86. The van der Waals surface area contributed by atoms with Gasteiger partial charge in [-0.05, 0) is 12.1 Å². The van der Waals surface area contributed by atoms with Gasteiger partial charge in [0.05, 0.1) is 24.2 Å². The number of halogens is 1. The van der Waals surface area contributed by atoms with Gasteiger partial charge in [0.2, 0.25) is 0 Å². The van der Waals surface area contributed by atoms with Crippen LogP contribution < -0.4 is 0 Å². The Labute approximate surface area is 95.7 Å². The average Bonchev–Trinajstić information content (AvgIpc) is 2.56. The van der Waals surface area contributed by atoms with Crippen LogP contribution in [-0.4, -0.2) is 29.5 Å². The second-order valence-corrected chi connectivity index (χ2v) is 3.35. The lowest BCUT2D eigenvalue weighted by Crippen LogP contribution is -2.32. The molecule has 6 heteroatoms. The van der Waals surface area contributed by atoms with E-state index in [0.717, 1.165) is 0 Å². The van der Waals surface area contributed by atoms with Gasteiger partial charge in [0.15, 0.2) is 0 Å². The normalized spacial score (nSPS) is 13.8. The van der Waals surface area contributed by atoms with E-state index in [4.69, 9.17) is 0 Å². The molecular formula is C11H8FNO4.